The SMILES string of the molecule is CCC1OCCC1CNc1cnc2ccccc2n1. The molecule has 0 bridgehead atoms. The van der Waals surface area contributed by atoms with E-state index in [0.29, 0.717) is 12.0 Å². The van der Waals surface area contributed by atoms with Gasteiger partial charge in [-0.1, -0.05) is 19.1 Å². The van der Waals surface area contributed by atoms with Gasteiger partial charge in [0, 0.05) is 19.1 Å². The van der Waals surface area contributed by atoms with Gasteiger partial charge < -0.3 is 10.1 Å². The predicted octanol–water partition coefficient (Wildman–Crippen LogP) is 2.86. The maximum Gasteiger partial charge on any atom is 0.145 e. The van der Waals surface area contributed by atoms with E-state index in [0.717, 1.165) is 42.8 Å². The quantitative estimate of drug-likeness (QED) is 0.915. The molecule has 1 saturated heterocycles. The zero-order valence-corrected chi connectivity index (χ0v) is 11.2. The number of para-hydroxylation sites is 2. The molecule has 3 rings (SSSR count). The Morgan fingerprint density at radius 1 is 1.32 bits per heavy atom. The van der Waals surface area contributed by atoms with Crippen molar-refractivity contribution >= 4 is 16.9 Å². The maximum atomic E-state index is 5.70. The minimum atomic E-state index is 0.390. The lowest BCUT2D eigenvalue weighted by molar-refractivity contribution is 0.0900. The molecule has 1 aliphatic rings. The van der Waals surface area contributed by atoms with Gasteiger partial charge in [0.25, 0.3) is 0 Å². The van der Waals surface area contributed by atoms with Gasteiger partial charge in [-0.3, -0.25) is 4.98 Å². The van der Waals surface area contributed by atoms with Crippen LogP contribution in [0.2, 0.25) is 0 Å². The largest absolute Gasteiger partial charge is 0.378 e. The molecule has 2 atom stereocenters. The van der Waals surface area contributed by atoms with Crippen LogP contribution in [0.3, 0.4) is 0 Å². The number of aromatic nitrogens is 2. The Bertz CT molecular complexity index is 558. The van der Waals surface area contributed by atoms with Crippen LogP contribution in [0.25, 0.3) is 11.0 Å². The van der Waals surface area contributed by atoms with Crippen molar-refractivity contribution < 1.29 is 4.74 Å². The van der Waals surface area contributed by atoms with Crippen molar-refractivity contribution in [3.05, 3.63) is 30.5 Å². The van der Waals surface area contributed by atoms with Gasteiger partial charge in [0.2, 0.25) is 0 Å². The number of ether oxygens (including phenoxy) is 1. The number of nitrogens with zero attached hydrogens (tertiary/aromatic N) is 2. The van der Waals surface area contributed by atoms with E-state index in [1.165, 1.54) is 0 Å². The Morgan fingerprint density at radius 3 is 3.00 bits per heavy atom. The Hall–Kier alpha value is -1.68. The van der Waals surface area contributed by atoms with Crippen molar-refractivity contribution in [3.63, 3.8) is 0 Å². The fraction of sp³-hybridized carbons (Fsp3) is 0.467. The van der Waals surface area contributed by atoms with Crippen molar-refractivity contribution in [3.8, 4) is 0 Å². The molecule has 4 heteroatoms. The molecule has 1 fully saturated rings. The average molecular weight is 257 g/mol. The molecule has 4 nitrogen and oxygen atoms in total. The van der Waals surface area contributed by atoms with Gasteiger partial charge >= 0.3 is 0 Å². The van der Waals surface area contributed by atoms with Crippen molar-refractivity contribution in [1.82, 2.24) is 9.97 Å². The lowest BCUT2D eigenvalue weighted by atomic mass is 10.00. The Kier molecular flexibility index (Phi) is 3.60. The predicted molar refractivity (Wildman–Crippen MR) is 76.2 cm³/mol. The summed E-state index contributed by atoms with van der Waals surface area (Å²) in [7, 11) is 0. The molecule has 2 heterocycles. The fourth-order valence-electron chi connectivity index (χ4n) is 2.66. The minimum absolute atomic E-state index is 0.390. The van der Waals surface area contributed by atoms with Gasteiger partial charge in [-0.05, 0) is 25.0 Å². The number of hydrogen-bond acceptors (Lipinski definition) is 4. The van der Waals surface area contributed by atoms with Crippen LogP contribution in [0, 0.1) is 5.92 Å². The molecule has 2 unspecified atom stereocenters. The Balaban J connectivity index is 1.68. The second kappa shape index (κ2) is 5.53. The molecule has 1 aromatic carbocycles. The summed E-state index contributed by atoms with van der Waals surface area (Å²) < 4.78 is 5.70. The first kappa shape index (κ1) is 12.4. The number of benzene rings is 1. The number of hydrogen-bond donors (Lipinski definition) is 1. The van der Waals surface area contributed by atoms with E-state index in [2.05, 4.69) is 22.2 Å². The van der Waals surface area contributed by atoms with E-state index in [9.17, 15) is 0 Å². The number of nitrogens with one attached hydrogen (secondary N) is 1. The van der Waals surface area contributed by atoms with Gasteiger partial charge in [-0.2, -0.15) is 0 Å². The minimum Gasteiger partial charge on any atom is -0.378 e. The maximum absolute atomic E-state index is 5.70. The van der Waals surface area contributed by atoms with Crippen molar-refractivity contribution in [2.24, 2.45) is 5.92 Å². The summed E-state index contributed by atoms with van der Waals surface area (Å²) in [5, 5.41) is 3.39. The lowest BCUT2D eigenvalue weighted by Crippen LogP contribution is -2.23. The highest BCUT2D eigenvalue weighted by Gasteiger charge is 2.26. The topological polar surface area (TPSA) is 47.0 Å². The first-order valence-electron chi connectivity index (χ1n) is 6.94. The normalized spacial score (nSPS) is 22.8. The zero-order chi connectivity index (χ0) is 13.1. The first-order chi connectivity index (χ1) is 9.36. The van der Waals surface area contributed by atoms with Gasteiger partial charge in [0.05, 0.1) is 23.3 Å². The standard InChI is InChI=1S/C15H19N3O/c1-2-14-11(7-8-19-14)9-17-15-10-16-12-5-3-4-6-13(12)18-15/h3-6,10-11,14H,2,7-9H2,1H3,(H,17,18). The molecule has 100 valence electrons. The van der Waals surface area contributed by atoms with E-state index in [1.54, 1.807) is 6.20 Å². The van der Waals surface area contributed by atoms with Gasteiger partial charge in [-0.25, -0.2) is 4.98 Å². The molecule has 1 aromatic heterocycles. The summed E-state index contributed by atoms with van der Waals surface area (Å²) in [4.78, 5) is 8.98. The number of fused-ring (bicyclic) bond motifs is 1. The molecule has 0 radical (unpaired) electrons. The molecule has 1 aliphatic heterocycles. The molecule has 0 aliphatic carbocycles. The van der Waals surface area contributed by atoms with E-state index >= 15 is 0 Å². The molecule has 0 amide bonds. The van der Waals surface area contributed by atoms with E-state index in [1.807, 2.05) is 24.3 Å². The highest BCUT2D eigenvalue weighted by atomic mass is 16.5. The van der Waals surface area contributed by atoms with Crippen LogP contribution in [0.15, 0.2) is 30.5 Å². The smallest absolute Gasteiger partial charge is 0.145 e. The molecule has 1 N–H and O–H groups in total. The highest BCUT2D eigenvalue weighted by Crippen LogP contribution is 2.23. The van der Waals surface area contributed by atoms with Gasteiger partial charge in [0.15, 0.2) is 0 Å². The van der Waals surface area contributed by atoms with Crippen molar-refractivity contribution in [2.75, 3.05) is 18.5 Å². The zero-order valence-electron chi connectivity index (χ0n) is 11.2. The van der Waals surface area contributed by atoms with Crippen LogP contribution < -0.4 is 5.32 Å². The Labute approximate surface area is 113 Å². The number of rotatable bonds is 4. The summed E-state index contributed by atoms with van der Waals surface area (Å²) in [6.07, 6.45) is 4.40. The summed E-state index contributed by atoms with van der Waals surface area (Å²) in [6, 6.07) is 7.93. The highest BCUT2D eigenvalue weighted by molar-refractivity contribution is 5.75. The molecular formula is C15H19N3O. The van der Waals surface area contributed by atoms with Gasteiger partial charge in [-0.15, -0.1) is 0 Å². The van der Waals surface area contributed by atoms with E-state index < -0.39 is 0 Å². The Morgan fingerprint density at radius 2 is 2.16 bits per heavy atom. The lowest BCUT2D eigenvalue weighted by Gasteiger charge is -2.17. The molecule has 0 spiro atoms. The van der Waals surface area contributed by atoms with Crippen LogP contribution in [0.1, 0.15) is 19.8 Å². The summed E-state index contributed by atoms with van der Waals surface area (Å²) in [5.41, 5.74) is 1.87. The van der Waals surface area contributed by atoms with Crippen LogP contribution in [-0.2, 0) is 4.74 Å². The monoisotopic (exact) mass is 257 g/mol. The van der Waals surface area contributed by atoms with E-state index in [4.69, 9.17) is 4.74 Å². The average Bonchev–Trinajstić information content (AvgIpc) is 2.92. The van der Waals surface area contributed by atoms with Crippen LogP contribution in [-0.4, -0.2) is 29.2 Å². The van der Waals surface area contributed by atoms with E-state index in [-0.39, 0.29) is 0 Å². The molecule has 19 heavy (non-hydrogen) atoms. The third kappa shape index (κ3) is 2.68. The van der Waals surface area contributed by atoms with Gasteiger partial charge in [0.1, 0.15) is 5.82 Å². The molecule has 2 aromatic rings. The molecule has 0 saturated carbocycles. The van der Waals surface area contributed by atoms with Crippen molar-refractivity contribution in [1.29, 1.82) is 0 Å². The summed E-state index contributed by atoms with van der Waals surface area (Å²) in [5.74, 6) is 1.43. The van der Waals surface area contributed by atoms with Crippen LogP contribution >= 0.6 is 0 Å². The van der Waals surface area contributed by atoms with Crippen molar-refractivity contribution in [2.45, 2.75) is 25.9 Å². The van der Waals surface area contributed by atoms with Crippen LogP contribution in [0.4, 0.5) is 5.82 Å². The third-order valence-electron chi connectivity index (χ3n) is 3.74. The first-order valence-corrected chi connectivity index (χ1v) is 6.94. The van der Waals surface area contributed by atoms with Crippen LogP contribution in [0.5, 0.6) is 0 Å². The second-order valence-electron chi connectivity index (χ2n) is 4.99. The number of anilines is 1. The second-order valence-corrected chi connectivity index (χ2v) is 4.99. The summed E-state index contributed by atoms with van der Waals surface area (Å²) in [6.45, 7) is 3.97. The fourth-order valence-corrected chi connectivity index (χ4v) is 2.66. The third-order valence-corrected chi connectivity index (χ3v) is 3.74. The summed E-state index contributed by atoms with van der Waals surface area (Å²) >= 11 is 0. The molecular weight excluding hydrogens is 238 g/mol.